The highest BCUT2D eigenvalue weighted by Crippen LogP contribution is 2.32. The third-order valence-corrected chi connectivity index (χ3v) is 5.85. The van der Waals surface area contributed by atoms with Crippen LogP contribution >= 0.6 is 11.3 Å². The first-order valence-electron chi connectivity index (χ1n) is 10.1. The molecule has 0 aliphatic carbocycles. The number of benzene rings is 2. The molecule has 3 aromatic rings. The molecule has 6 heteroatoms. The number of rotatable bonds is 3. The lowest BCUT2D eigenvalue weighted by Crippen LogP contribution is -2.29. The smallest absolute Gasteiger partial charge is 0.413 e. The number of anilines is 2. The van der Waals surface area contributed by atoms with Crippen LogP contribution in [-0.4, -0.2) is 29.8 Å². The number of thiazole rings is 1. The molecule has 1 fully saturated rings. The summed E-state index contributed by atoms with van der Waals surface area (Å²) in [7, 11) is 0. The molecule has 1 aliphatic rings. The number of nitrogens with zero attached hydrogens (tertiary/aromatic N) is 2. The Morgan fingerprint density at radius 2 is 1.72 bits per heavy atom. The lowest BCUT2D eigenvalue weighted by atomic mass is 10.0. The first-order valence-corrected chi connectivity index (χ1v) is 10.9. The summed E-state index contributed by atoms with van der Waals surface area (Å²) < 4.78 is 6.34. The maximum absolute atomic E-state index is 12.0. The second-order valence-electron chi connectivity index (χ2n) is 8.42. The number of hydrogen-bond acceptors (Lipinski definition) is 5. The highest BCUT2D eigenvalue weighted by atomic mass is 32.1. The molecule has 1 N–H and O–H groups in total. The van der Waals surface area contributed by atoms with Crippen molar-refractivity contribution in [2.75, 3.05) is 23.3 Å². The molecule has 0 radical (unpaired) electrons. The van der Waals surface area contributed by atoms with Gasteiger partial charge >= 0.3 is 6.09 Å². The Morgan fingerprint density at radius 1 is 1.03 bits per heavy atom. The monoisotopic (exact) mass is 409 g/mol. The number of carbonyl (C=O) groups excluding carboxylic acids is 1. The second kappa shape index (κ2) is 8.03. The van der Waals surface area contributed by atoms with Crippen molar-refractivity contribution in [1.29, 1.82) is 0 Å². The topological polar surface area (TPSA) is 54.5 Å². The van der Waals surface area contributed by atoms with Crippen molar-refractivity contribution >= 4 is 38.5 Å². The van der Waals surface area contributed by atoms with E-state index in [-0.39, 0.29) is 0 Å². The molecule has 2 aromatic carbocycles. The van der Waals surface area contributed by atoms with Crippen LogP contribution in [0.3, 0.4) is 0 Å². The summed E-state index contributed by atoms with van der Waals surface area (Å²) >= 11 is 1.46. The molecule has 0 bridgehead atoms. The van der Waals surface area contributed by atoms with Crippen molar-refractivity contribution in [2.24, 2.45) is 0 Å². The average molecular weight is 410 g/mol. The fourth-order valence-electron chi connectivity index (χ4n) is 3.57. The van der Waals surface area contributed by atoms with Crippen molar-refractivity contribution < 1.29 is 9.53 Å². The number of piperidine rings is 1. The normalized spacial score (nSPS) is 14.8. The summed E-state index contributed by atoms with van der Waals surface area (Å²) in [6, 6.07) is 15.0. The van der Waals surface area contributed by atoms with Crippen LogP contribution in [0.25, 0.3) is 21.3 Å². The summed E-state index contributed by atoms with van der Waals surface area (Å²) in [4.78, 5) is 18.9. The third kappa shape index (κ3) is 4.88. The Hall–Kier alpha value is -2.60. The van der Waals surface area contributed by atoms with E-state index in [2.05, 4.69) is 51.6 Å². The molecule has 152 valence electrons. The molecule has 1 saturated heterocycles. The highest BCUT2D eigenvalue weighted by Gasteiger charge is 2.17. The summed E-state index contributed by atoms with van der Waals surface area (Å²) in [5.74, 6) is 0. The minimum atomic E-state index is -0.533. The molecule has 4 rings (SSSR count). The van der Waals surface area contributed by atoms with Gasteiger partial charge in [0.05, 0.1) is 10.2 Å². The van der Waals surface area contributed by atoms with Crippen molar-refractivity contribution in [2.45, 2.75) is 45.6 Å². The van der Waals surface area contributed by atoms with E-state index in [1.54, 1.807) is 0 Å². The molecule has 2 heterocycles. The Kier molecular flexibility index (Phi) is 5.46. The number of carbonyl (C=O) groups is 1. The minimum Gasteiger partial charge on any atom is -0.444 e. The summed E-state index contributed by atoms with van der Waals surface area (Å²) in [6.45, 7) is 7.83. The van der Waals surface area contributed by atoms with Gasteiger partial charge in [-0.3, -0.25) is 5.32 Å². The van der Waals surface area contributed by atoms with Crippen molar-refractivity contribution in [1.82, 2.24) is 4.98 Å². The van der Waals surface area contributed by atoms with Crippen molar-refractivity contribution in [3.8, 4) is 11.1 Å². The fourth-order valence-corrected chi connectivity index (χ4v) is 4.46. The molecule has 0 spiro atoms. The standard InChI is InChI=1S/C23H27N3O2S/c1-23(2,3)28-22(27)25-21-24-19-12-9-17(15-20(19)29-21)16-7-10-18(11-8-16)26-13-5-4-6-14-26/h7-12,15H,4-6,13-14H2,1-3H3,(H,24,25,27). The Balaban J connectivity index is 1.50. The molecule has 29 heavy (non-hydrogen) atoms. The third-order valence-electron chi connectivity index (χ3n) is 4.92. The van der Waals surface area contributed by atoms with Gasteiger partial charge in [-0.15, -0.1) is 0 Å². The first kappa shape index (κ1) is 19.7. The minimum absolute atomic E-state index is 0.481. The van der Waals surface area contributed by atoms with Crippen molar-refractivity contribution in [3.05, 3.63) is 42.5 Å². The van der Waals surface area contributed by atoms with Crippen LogP contribution < -0.4 is 10.2 Å². The van der Waals surface area contributed by atoms with Gasteiger partial charge in [0, 0.05) is 18.8 Å². The molecule has 0 atom stereocenters. The summed E-state index contributed by atoms with van der Waals surface area (Å²) in [5.41, 5.74) is 3.97. The number of amides is 1. The van der Waals surface area contributed by atoms with E-state index in [0.717, 1.165) is 28.9 Å². The van der Waals surface area contributed by atoms with Gasteiger partial charge in [0.1, 0.15) is 5.60 Å². The molecule has 1 amide bonds. The van der Waals surface area contributed by atoms with E-state index in [0.29, 0.717) is 5.13 Å². The molecule has 1 aromatic heterocycles. The Morgan fingerprint density at radius 3 is 2.41 bits per heavy atom. The number of hydrogen-bond donors (Lipinski definition) is 1. The predicted octanol–water partition coefficient (Wildman–Crippen LogP) is 6.30. The zero-order valence-corrected chi connectivity index (χ0v) is 18.0. The zero-order chi connectivity index (χ0) is 20.4. The quantitative estimate of drug-likeness (QED) is 0.551. The summed E-state index contributed by atoms with van der Waals surface area (Å²) in [6.07, 6.45) is 3.42. The van der Waals surface area contributed by atoms with Crippen LogP contribution in [0.1, 0.15) is 40.0 Å². The van der Waals surface area contributed by atoms with Gasteiger partial charge in [-0.2, -0.15) is 0 Å². The highest BCUT2D eigenvalue weighted by molar-refractivity contribution is 7.22. The van der Waals surface area contributed by atoms with Gasteiger partial charge in [-0.1, -0.05) is 29.5 Å². The fraction of sp³-hybridized carbons (Fsp3) is 0.391. The first-order chi connectivity index (χ1) is 13.9. The largest absolute Gasteiger partial charge is 0.444 e. The molecule has 0 unspecified atom stereocenters. The second-order valence-corrected chi connectivity index (χ2v) is 9.45. The average Bonchev–Trinajstić information content (AvgIpc) is 3.08. The molecular weight excluding hydrogens is 382 g/mol. The van der Waals surface area contributed by atoms with E-state index in [1.165, 1.54) is 41.9 Å². The number of ether oxygens (including phenoxy) is 1. The van der Waals surface area contributed by atoms with E-state index in [9.17, 15) is 4.79 Å². The van der Waals surface area contributed by atoms with E-state index in [1.807, 2.05) is 26.8 Å². The molecule has 1 aliphatic heterocycles. The SMILES string of the molecule is CC(C)(C)OC(=O)Nc1nc2ccc(-c3ccc(N4CCCCC4)cc3)cc2s1. The van der Waals surface area contributed by atoms with Gasteiger partial charge < -0.3 is 9.64 Å². The van der Waals surface area contributed by atoms with Gasteiger partial charge in [0.25, 0.3) is 0 Å². The van der Waals surface area contributed by atoms with E-state index < -0.39 is 11.7 Å². The molecule has 5 nitrogen and oxygen atoms in total. The van der Waals surface area contributed by atoms with E-state index in [4.69, 9.17) is 4.74 Å². The molecular formula is C23H27N3O2S. The molecule has 0 saturated carbocycles. The van der Waals surface area contributed by atoms with Crippen LogP contribution in [0.5, 0.6) is 0 Å². The lowest BCUT2D eigenvalue weighted by molar-refractivity contribution is 0.0636. The van der Waals surface area contributed by atoms with Crippen molar-refractivity contribution in [3.63, 3.8) is 0 Å². The van der Waals surface area contributed by atoms with Crippen LogP contribution in [0.2, 0.25) is 0 Å². The number of aromatic nitrogens is 1. The van der Waals surface area contributed by atoms with Gasteiger partial charge in [0.2, 0.25) is 0 Å². The van der Waals surface area contributed by atoms with E-state index >= 15 is 0 Å². The zero-order valence-electron chi connectivity index (χ0n) is 17.2. The van der Waals surface area contributed by atoms with Crippen LogP contribution in [0.15, 0.2) is 42.5 Å². The predicted molar refractivity (Wildman–Crippen MR) is 121 cm³/mol. The van der Waals surface area contributed by atoms with Crippen LogP contribution in [-0.2, 0) is 4.74 Å². The summed E-state index contributed by atoms with van der Waals surface area (Å²) in [5, 5.41) is 3.28. The van der Waals surface area contributed by atoms with Crippen LogP contribution in [0.4, 0.5) is 15.6 Å². The van der Waals surface area contributed by atoms with Gasteiger partial charge in [0.15, 0.2) is 5.13 Å². The van der Waals surface area contributed by atoms with Gasteiger partial charge in [-0.05, 0) is 75.4 Å². The number of nitrogens with one attached hydrogen (secondary N) is 1. The number of fused-ring (bicyclic) bond motifs is 1. The Bertz CT molecular complexity index is 999. The Labute approximate surface area is 175 Å². The van der Waals surface area contributed by atoms with Crippen LogP contribution in [0, 0.1) is 0 Å². The van der Waals surface area contributed by atoms with Gasteiger partial charge in [-0.25, -0.2) is 9.78 Å². The maximum Gasteiger partial charge on any atom is 0.413 e. The lowest BCUT2D eigenvalue weighted by Gasteiger charge is -2.28. The maximum atomic E-state index is 12.0.